The number of amides is 2. The lowest BCUT2D eigenvalue weighted by molar-refractivity contribution is -0.122. The van der Waals surface area contributed by atoms with Crippen LogP contribution in [0.2, 0.25) is 0 Å². The number of fused-ring (bicyclic) bond motifs is 1. The maximum absolute atomic E-state index is 12.7. The van der Waals surface area contributed by atoms with E-state index in [0.717, 1.165) is 19.4 Å². The highest BCUT2D eigenvalue weighted by Crippen LogP contribution is 2.24. The molecule has 1 aliphatic rings. The number of aryl methyl sites for hydroxylation is 2. The minimum Gasteiger partial charge on any atom is -0.450 e. The van der Waals surface area contributed by atoms with E-state index in [1.807, 2.05) is 6.92 Å². The highest BCUT2D eigenvalue weighted by molar-refractivity contribution is 5.85. The van der Waals surface area contributed by atoms with Crippen molar-refractivity contribution < 1.29 is 14.3 Å². The number of para-hydroxylation sites is 1. The highest BCUT2D eigenvalue weighted by Gasteiger charge is 2.24. The van der Waals surface area contributed by atoms with E-state index in [1.54, 1.807) is 4.90 Å². The quantitative estimate of drug-likeness (QED) is 0.573. The average Bonchev–Trinajstić information content (AvgIpc) is 3.17. The summed E-state index contributed by atoms with van der Waals surface area (Å²) in [6.07, 6.45) is 4.62. The maximum Gasteiger partial charge on any atom is 0.409 e. The molecule has 2 amide bonds. The SMILES string of the molecule is CCOC(=O)N1CCC(NC(=O)CCc2cn(Cc3ccccc3C)c3ccccc23)CC1. The van der Waals surface area contributed by atoms with Crippen molar-refractivity contribution in [1.82, 2.24) is 14.8 Å². The predicted octanol–water partition coefficient (Wildman–Crippen LogP) is 4.67. The van der Waals surface area contributed by atoms with Gasteiger partial charge in [-0.15, -0.1) is 0 Å². The minimum absolute atomic E-state index is 0.0697. The Hall–Kier alpha value is -3.28. The van der Waals surface area contributed by atoms with Crippen LogP contribution in [0.5, 0.6) is 0 Å². The van der Waals surface area contributed by atoms with Crippen molar-refractivity contribution in [1.29, 1.82) is 0 Å². The van der Waals surface area contributed by atoms with E-state index in [2.05, 4.69) is 71.5 Å². The molecule has 0 unspecified atom stereocenters. The second-order valence-corrected chi connectivity index (χ2v) is 8.75. The van der Waals surface area contributed by atoms with E-state index >= 15 is 0 Å². The summed E-state index contributed by atoms with van der Waals surface area (Å²) in [5.74, 6) is 0.0697. The number of hydrogen-bond acceptors (Lipinski definition) is 3. The molecule has 2 aromatic carbocycles. The van der Waals surface area contributed by atoms with Gasteiger partial charge in [0.05, 0.1) is 6.61 Å². The van der Waals surface area contributed by atoms with Gasteiger partial charge >= 0.3 is 6.09 Å². The Morgan fingerprint density at radius 2 is 1.76 bits per heavy atom. The number of likely N-dealkylation sites (tertiary alicyclic amines) is 1. The molecule has 6 heteroatoms. The summed E-state index contributed by atoms with van der Waals surface area (Å²) in [4.78, 5) is 26.2. The Balaban J connectivity index is 1.35. The van der Waals surface area contributed by atoms with Crippen molar-refractivity contribution in [2.45, 2.75) is 52.1 Å². The van der Waals surface area contributed by atoms with Crippen LogP contribution in [0.4, 0.5) is 4.79 Å². The number of piperidine rings is 1. The van der Waals surface area contributed by atoms with Gasteiger partial charge in [0, 0.05) is 49.2 Å². The number of aromatic nitrogens is 1. The molecule has 1 aliphatic heterocycles. The van der Waals surface area contributed by atoms with Gasteiger partial charge in [-0.1, -0.05) is 42.5 Å². The van der Waals surface area contributed by atoms with E-state index in [-0.39, 0.29) is 18.0 Å². The van der Waals surface area contributed by atoms with Gasteiger partial charge in [0.2, 0.25) is 5.91 Å². The molecule has 2 heterocycles. The minimum atomic E-state index is -0.260. The number of hydrogen-bond donors (Lipinski definition) is 1. The first-order chi connectivity index (χ1) is 16.0. The highest BCUT2D eigenvalue weighted by atomic mass is 16.6. The van der Waals surface area contributed by atoms with Gasteiger partial charge in [-0.25, -0.2) is 4.79 Å². The molecule has 1 N–H and O–H groups in total. The number of ether oxygens (including phenoxy) is 1. The van der Waals surface area contributed by atoms with E-state index in [4.69, 9.17) is 4.74 Å². The first-order valence-electron chi connectivity index (χ1n) is 11.9. The summed E-state index contributed by atoms with van der Waals surface area (Å²) in [6.45, 7) is 6.40. The molecule has 174 valence electrons. The number of nitrogens with one attached hydrogen (secondary N) is 1. The molecular formula is C27H33N3O3. The van der Waals surface area contributed by atoms with Crippen molar-refractivity contribution in [2.75, 3.05) is 19.7 Å². The molecule has 33 heavy (non-hydrogen) atoms. The van der Waals surface area contributed by atoms with Crippen LogP contribution in [-0.2, 0) is 22.5 Å². The molecule has 1 fully saturated rings. The molecule has 3 aromatic rings. The van der Waals surface area contributed by atoms with Crippen molar-refractivity contribution in [3.8, 4) is 0 Å². The van der Waals surface area contributed by atoms with Gasteiger partial charge in [0.25, 0.3) is 0 Å². The van der Waals surface area contributed by atoms with Crippen LogP contribution in [0.3, 0.4) is 0 Å². The first-order valence-corrected chi connectivity index (χ1v) is 11.9. The van der Waals surface area contributed by atoms with E-state index in [0.29, 0.717) is 32.5 Å². The van der Waals surface area contributed by atoms with Crippen molar-refractivity contribution in [3.05, 3.63) is 71.4 Å². The average molecular weight is 448 g/mol. The zero-order valence-corrected chi connectivity index (χ0v) is 19.5. The van der Waals surface area contributed by atoms with Crippen LogP contribution in [0.15, 0.2) is 54.7 Å². The molecule has 0 spiro atoms. The van der Waals surface area contributed by atoms with Crippen LogP contribution in [0.1, 0.15) is 42.9 Å². The van der Waals surface area contributed by atoms with Gasteiger partial charge in [0.15, 0.2) is 0 Å². The molecule has 0 bridgehead atoms. The predicted molar refractivity (Wildman–Crippen MR) is 130 cm³/mol. The molecule has 0 atom stereocenters. The Morgan fingerprint density at radius 1 is 1.03 bits per heavy atom. The lowest BCUT2D eigenvalue weighted by Crippen LogP contribution is -2.46. The Kier molecular flexibility index (Phi) is 7.33. The normalized spacial score (nSPS) is 14.4. The van der Waals surface area contributed by atoms with Gasteiger partial charge in [-0.2, -0.15) is 0 Å². The molecule has 4 rings (SSSR count). The number of rotatable bonds is 7. The third-order valence-electron chi connectivity index (χ3n) is 6.48. The molecule has 1 saturated heterocycles. The standard InChI is InChI=1S/C27H33N3O3/c1-3-33-27(32)29-16-14-23(15-17-29)28-26(31)13-12-22-19-30(25-11-7-6-10-24(22)25)18-21-9-5-4-8-20(21)2/h4-11,19,23H,3,12-18H2,1-2H3,(H,28,31). The largest absolute Gasteiger partial charge is 0.450 e. The fourth-order valence-corrected chi connectivity index (χ4v) is 4.59. The van der Waals surface area contributed by atoms with Gasteiger partial charge < -0.3 is 19.5 Å². The summed E-state index contributed by atoms with van der Waals surface area (Å²) >= 11 is 0. The fourth-order valence-electron chi connectivity index (χ4n) is 4.59. The maximum atomic E-state index is 12.7. The van der Waals surface area contributed by atoms with E-state index < -0.39 is 0 Å². The number of benzene rings is 2. The molecule has 0 aliphatic carbocycles. The number of nitrogens with zero attached hydrogens (tertiary/aromatic N) is 2. The number of carbonyl (C=O) groups is 2. The summed E-state index contributed by atoms with van der Waals surface area (Å²) in [7, 11) is 0. The second-order valence-electron chi connectivity index (χ2n) is 8.75. The molecular weight excluding hydrogens is 414 g/mol. The van der Waals surface area contributed by atoms with Gasteiger partial charge in [-0.3, -0.25) is 4.79 Å². The Morgan fingerprint density at radius 3 is 2.52 bits per heavy atom. The Bertz CT molecular complexity index is 1110. The van der Waals surface area contributed by atoms with E-state index in [9.17, 15) is 9.59 Å². The van der Waals surface area contributed by atoms with Crippen molar-refractivity contribution in [3.63, 3.8) is 0 Å². The lowest BCUT2D eigenvalue weighted by atomic mass is 10.0. The third-order valence-corrected chi connectivity index (χ3v) is 6.48. The van der Waals surface area contributed by atoms with Crippen LogP contribution in [0.25, 0.3) is 10.9 Å². The van der Waals surface area contributed by atoms with Crippen molar-refractivity contribution >= 4 is 22.9 Å². The van der Waals surface area contributed by atoms with Crippen LogP contribution in [-0.4, -0.2) is 47.2 Å². The third kappa shape index (κ3) is 5.56. The molecule has 1 aromatic heterocycles. The number of carbonyl (C=O) groups excluding carboxylic acids is 2. The molecule has 6 nitrogen and oxygen atoms in total. The molecule has 0 saturated carbocycles. The summed E-state index contributed by atoms with van der Waals surface area (Å²) in [5.41, 5.74) is 4.98. The summed E-state index contributed by atoms with van der Waals surface area (Å²) in [6, 6.07) is 17.0. The van der Waals surface area contributed by atoms with Crippen LogP contribution >= 0.6 is 0 Å². The first kappa shape index (κ1) is 22.9. The van der Waals surface area contributed by atoms with Gasteiger partial charge in [0.1, 0.15) is 0 Å². The summed E-state index contributed by atoms with van der Waals surface area (Å²) < 4.78 is 7.35. The monoisotopic (exact) mass is 447 g/mol. The van der Waals surface area contributed by atoms with Crippen LogP contribution in [0, 0.1) is 6.92 Å². The van der Waals surface area contributed by atoms with Gasteiger partial charge in [-0.05, 0) is 55.9 Å². The van der Waals surface area contributed by atoms with Crippen molar-refractivity contribution in [2.24, 2.45) is 0 Å². The smallest absolute Gasteiger partial charge is 0.409 e. The van der Waals surface area contributed by atoms with Crippen LogP contribution < -0.4 is 5.32 Å². The zero-order chi connectivity index (χ0) is 23.2. The van der Waals surface area contributed by atoms with E-state index in [1.165, 1.54) is 27.6 Å². The Labute approximate surface area is 195 Å². The lowest BCUT2D eigenvalue weighted by Gasteiger charge is -2.31. The summed E-state index contributed by atoms with van der Waals surface area (Å²) in [5, 5.41) is 4.37. The fraction of sp³-hybridized carbons (Fsp3) is 0.407. The molecule has 0 radical (unpaired) electrons. The zero-order valence-electron chi connectivity index (χ0n) is 19.5. The second kappa shape index (κ2) is 10.6. The topological polar surface area (TPSA) is 63.6 Å².